The Kier molecular flexibility index (Phi) is 5.16. The van der Waals surface area contributed by atoms with Gasteiger partial charge in [-0.15, -0.1) is 35.2 Å². The van der Waals surface area contributed by atoms with Crippen LogP contribution in [0.15, 0.2) is 17.3 Å². The van der Waals surface area contributed by atoms with E-state index >= 15 is 0 Å². The van der Waals surface area contributed by atoms with Gasteiger partial charge in [-0.3, -0.25) is 0 Å². The number of nitrogens with zero attached hydrogens (tertiary/aromatic N) is 3. The second-order valence-corrected chi connectivity index (χ2v) is 4.19. The molecule has 2 aromatic rings. The summed E-state index contributed by atoms with van der Waals surface area (Å²) in [5.74, 6) is 7.13. The summed E-state index contributed by atoms with van der Waals surface area (Å²) in [6, 6.07) is 3.38. The number of thiol groups is 1. The number of nitrogen functional groups attached to an aromatic ring is 1. The Morgan fingerprint density at radius 1 is 1.26 bits per heavy atom. The number of methoxy groups -OCH3 is 2. The van der Waals surface area contributed by atoms with Crippen LogP contribution in [0.1, 0.15) is 0 Å². The Labute approximate surface area is 126 Å². The van der Waals surface area contributed by atoms with E-state index in [1.165, 1.54) is 18.9 Å². The second-order valence-electron chi connectivity index (χ2n) is 3.39. The van der Waals surface area contributed by atoms with Crippen molar-refractivity contribution in [2.24, 2.45) is 0 Å². The molecular formula is C10H12Cl2N4O2S. The predicted molar refractivity (Wildman–Crippen MR) is 78.2 cm³/mol. The lowest BCUT2D eigenvalue weighted by molar-refractivity contribution is 0.355. The second kappa shape index (κ2) is 6.23. The van der Waals surface area contributed by atoms with Gasteiger partial charge in [-0.2, -0.15) is 0 Å². The van der Waals surface area contributed by atoms with Crippen LogP contribution in [0.5, 0.6) is 11.5 Å². The molecule has 0 saturated heterocycles. The zero-order valence-corrected chi connectivity index (χ0v) is 12.6. The van der Waals surface area contributed by atoms with Crippen molar-refractivity contribution < 1.29 is 9.47 Å². The molecule has 1 aromatic heterocycles. The van der Waals surface area contributed by atoms with Gasteiger partial charge in [-0.05, 0) is 12.1 Å². The minimum Gasteiger partial charge on any atom is -0.493 e. The summed E-state index contributed by atoms with van der Waals surface area (Å²) in [6.07, 6.45) is 0. The van der Waals surface area contributed by atoms with E-state index in [2.05, 4.69) is 22.8 Å². The molecule has 0 radical (unpaired) electrons. The summed E-state index contributed by atoms with van der Waals surface area (Å²) in [4.78, 5) is 0. The summed E-state index contributed by atoms with van der Waals surface area (Å²) >= 11 is 10.2. The van der Waals surface area contributed by atoms with Gasteiger partial charge in [-0.1, -0.05) is 11.6 Å². The fourth-order valence-electron chi connectivity index (χ4n) is 1.53. The molecule has 2 N–H and O–H groups in total. The van der Waals surface area contributed by atoms with Crippen LogP contribution in [0, 0.1) is 0 Å². The summed E-state index contributed by atoms with van der Waals surface area (Å²) in [5.41, 5.74) is 0.660. The third-order valence-electron chi connectivity index (χ3n) is 2.37. The smallest absolute Gasteiger partial charge is 0.206 e. The van der Waals surface area contributed by atoms with Crippen molar-refractivity contribution in [3.63, 3.8) is 0 Å². The van der Waals surface area contributed by atoms with Gasteiger partial charge >= 0.3 is 0 Å². The third kappa shape index (κ3) is 2.83. The van der Waals surface area contributed by atoms with Crippen LogP contribution in [0.25, 0.3) is 11.4 Å². The summed E-state index contributed by atoms with van der Waals surface area (Å²) in [6.45, 7) is 0. The van der Waals surface area contributed by atoms with Gasteiger partial charge in [-0.25, -0.2) is 4.68 Å². The van der Waals surface area contributed by atoms with Gasteiger partial charge in [0.05, 0.1) is 19.2 Å². The normalized spacial score (nSPS) is 9.89. The Hall–Kier alpha value is -1.31. The zero-order chi connectivity index (χ0) is 13.3. The molecule has 1 aromatic carbocycles. The summed E-state index contributed by atoms with van der Waals surface area (Å²) < 4.78 is 11.6. The molecule has 0 fully saturated rings. The third-order valence-corrected chi connectivity index (χ3v) is 2.96. The average molecular weight is 323 g/mol. The van der Waals surface area contributed by atoms with Gasteiger partial charge < -0.3 is 15.3 Å². The molecule has 6 nitrogen and oxygen atoms in total. The van der Waals surface area contributed by atoms with Crippen molar-refractivity contribution in [2.45, 2.75) is 5.16 Å². The lowest BCUT2D eigenvalue weighted by Crippen LogP contribution is -2.10. The average Bonchev–Trinajstić information content (AvgIpc) is 2.69. The molecule has 0 aliphatic heterocycles. The quantitative estimate of drug-likeness (QED) is 0.668. The van der Waals surface area contributed by atoms with Crippen molar-refractivity contribution in [3.8, 4) is 22.9 Å². The molecule has 0 bridgehead atoms. The van der Waals surface area contributed by atoms with Gasteiger partial charge in [0.2, 0.25) is 5.16 Å². The van der Waals surface area contributed by atoms with E-state index in [1.807, 2.05) is 0 Å². The van der Waals surface area contributed by atoms with Crippen LogP contribution in [0.4, 0.5) is 0 Å². The Morgan fingerprint density at radius 2 is 1.95 bits per heavy atom. The fourth-order valence-corrected chi connectivity index (χ4v) is 1.95. The minimum atomic E-state index is 0. The standard InChI is InChI=1S/C10H11ClN4O2S.ClH/c1-16-7-4-5(3-6(11)8(7)17-2)9-13-14-10(18)15(9)12;/h3-4H,12H2,1-2H3,(H,14,18);1H. The van der Waals surface area contributed by atoms with Crippen molar-refractivity contribution in [1.29, 1.82) is 0 Å². The van der Waals surface area contributed by atoms with Crippen LogP contribution >= 0.6 is 36.6 Å². The summed E-state index contributed by atoms with van der Waals surface area (Å²) in [5, 5.41) is 8.37. The van der Waals surface area contributed by atoms with Crippen molar-refractivity contribution in [2.75, 3.05) is 20.1 Å². The highest BCUT2D eigenvalue weighted by molar-refractivity contribution is 7.80. The molecular weight excluding hydrogens is 311 g/mol. The molecule has 0 spiro atoms. The highest BCUT2D eigenvalue weighted by atomic mass is 35.5. The van der Waals surface area contributed by atoms with E-state index in [0.29, 0.717) is 33.1 Å². The number of rotatable bonds is 3. The molecule has 0 saturated carbocycles. The van der Waals surface area contributed by atoms with E-state index in [4.69, 9.17) is 26.9 Å². The van der Waals surface area contributed by atoms with Crippen LogP contribution in [0.2, 0.25) is 5.02 Å². The van der Waals surface area contributed by atoms with E-state index in [9.17, 15) is 0 Å². The maximum atomic E-state index is 6.10. The number of aromatic nitrogens is 3. The Balaban J connectivity index is 0.00000180. The maximum absolute atomic E-state index is 6.10. The first kappa shape index (κ1) is 15.7. The molecule has 9 heteroatoms. The molecule has 0 aliphatic rings. The molecule has 19 heavy (non-hydrogen) atoms. The van der Waals surface area contributed by atoms with Gasteiger partial charge in [0, 0.05) is 5.56 Å². The van der Waals surface area contributed by atoms with Crippen LogP contribution in [0.3, 0.4) is 0 Å². The van der Waals surface area contributed by atoms with Crippen molar-refractivity contribution in [3.05, 3.63) is 17.2 Å². The predicted octanol–water partition coefficient (Wildman–Crippen LogP) is 2.04. The largest absolute Gasteiger partial charge is 0.493 e. The molecule has 0 atom stereocenters. The fraction of sp³-hybridized carbons (Fsp3) is 0.200. The van der Waals surface area contributed by atoms with Crippen LogP contribution in [-0.2, 0) is 0 Å². The van der Waals surface area contributed by atoms with E-state index in [-0.39, 0.29) is 12.4 Å². The van der Waals surface area contributed by atoms with E-state index < -0.39 is 0 Å². The SMILES string of the molecule is COc1cc(-c2nnc(S)n2N)cc(Cl)c1OC.Cl. The number of halogens is 2. The molecule has 2 rings (SSSR count). The summed E-state index contributed by atoms with van der Waals surface area (Å²) in [7, 11) is 3.04. The van der Waals surface area contributed by atoms with Crippen LogP contribution in [-0.4, -0.2) is 29.1 Å². The molecule has 0 amide bonds. The Bertz CT molecular complexity index is 591. The highest BCUT2D eigenvalue weighted by Gasteiger charge is 2.16. The first-order valence-electron chi connectivity index (χ1n) is 4.89. The topological polar surface area (TPSA) is 75.2 Å². The first-order chi connectivity index (χ1) is 8.58. The number of hydrogen-bond acceptors (Lipinski definition) is 6. The van der Waals surface area contributed by atoms with Gasteiger partial charge in [0.25, 0.3) is 0 Å². The lowest BCUT2D eigenvalue weighted by atomic mass is 10.2. The Morgan fingerprint density at radius 3 is 2.42 bits per heavy atom. The number of benzene rings is 1. The number of ether oxygens (including phenoxy) is 2. The maximum Gasteiger partial charge on any atom is 0.206 e. The van der Waals surface area contributed by atoms with E-state index in [1.54, 1.807) is 12.1 Å². The number of nitrogens with two attached hydrogens (primary N) is 1. The number of hydrogen-bond donors (Lipinski definition) is 2. The zero-order valence-electron chi connectivity index (χ0n) is 10.1. The monoisotopic (exact) mass is 322 g/mol. The van der Waals surface area contributed by atoms with Crippen molar-refractivity contribution >= 4 is 36.6 Å². The van der Waals surface area contributed by atoms with Gasteiger partial charge in [0.15, 0.2) is 17.3 Å². The lowest BCUT2D eigenvalue weighted by Gasteiger charge is -2.11. The molecule has 1 heterocycles. The first-order valence-corrected chi connectivity index (χ1v) is 5.72. The molecule has 0 unspecified atom stereocenters. The highest BCUT2D eigenvalue weighted by Crippen LogP contribution is 2.38. The van der Waals surface area contributed by atoms with Gasteiger partial charge in [0.1, 0.15) is 0 Å². The van der Waals surface area contributed by atoms with Crippen molar-refractivity contribution in [1.82, 2.24) is 14.9 Å². The minimum absolute atomic E-state index is 0. The molecule has 104 valence electrons. The molecule has 0 aliphatic carbocycles. The van der Waals surface area contributed by atoms with Crippen LogP contribution < -0.4 is 15.3 Å². The van der Waals surface area contributed by atoms with E-state index in [0.717, 1.165) is 0 Å².